The number of amides is 1. The Hall–Kier alpha value is -3.20. The molecule has 2 heterocycles. The van der Waals surface area contributed by atoms with Gasteiger partial charge in [-0.3, -0.25) is 14.2 Å². The molecule has 0 unspecified atom stereocenters. The van der Waals surface area contributed by atoms with E-state index in [1.165, 1.54) is 22.2 Å². The van der Waals surface area contributed by atoms with Crippen molar-refractivity contribution in [3.8, 4) is 5.75 Å². The van der Waals surface area contributed by atoms with Gasteiger partial charge in [-0.05, 0) is 37.6 Å². The SMILES string of the molecule is CCCCOC(=O)c1csc2ncn(CC(=O)Nc3ccc(OCC)cc3)c(=O)c12. The Labute approximate surface area is 177 Å². The van der Waals surface area contributed by atoms with Gasteiger partial charge in [-0.15, -0.1) is 11.3 Å². The first-order valence-electron chi connectivity index (χ1n) is 9.70. The monoisotopic (exact) mass is 429 g/mol. The summed E-state index contributed by atoms with van der Waals surface area (Å²) < 4.78 is 11.8. The summed E-state index contributed by atoms with van der Waals surface area (Å²) in [6.07, 6.45) is 2.96. The highest BCUT2D eigenvalue weighted by Crippen LogP contribution is 2.22. The van der Waals surface area contributed by atoms with Crippen molar-refractivity contribution in [2.45, 2.75) is 33.2 Å². The standard InChI is InChI=1S/C21H23N3O5S/c1-3-5-10-29-21(27)16-12-30-19-18(16)20(26)24(13-22-19)11-17(25)23-14-6-8-15(9-7-14)28-4-2/h6-9,12-13H,3-5,10-11H2,1-2H3,(H,23,25). The van der Waals surface area contributed by atoms with Gasteiger partial charge in [0, 0.05) is 11.1 Å². The molecule has 3 rings (SSSR count). The molecule has 1 aromatic carbocycles. The summed E-state index contributed by atoms with van der Waals surface area (Å²) in [6.45, 7) is 4.51. The summed E-state index contributed by atoms with van der Waals surface area (Å²) in [5.41, 5.74) is 0.316. The first kappa shape index (κ1) is 21.5. The second kappa shape index (κ2) is 10.0. The van der Waals surface area contributed by atoms with Crippen LogP contribution in [0.3, 0.4) is 0 Å². The van der Waals surface area contributed by atoms with Crippen LogP contribution in [0.25, 0.3) is 10.2 Å². The fourth-order valence-corrected chi connectivity index (χ4v) is 3.64. The van der Waals surface area contributed by atoms with E-state index in [2.05, 4.69) is 10.3 Å². The van der Waals surface area contributed by atoms with Gasteiger partial charge in [0.25, 0.3) is 5.56 Å². The van der Waals surface area contributed by atoms with E-state index in [1.54, 1.807) is 29.6 Å². The number of nitrogens with zero attached hydrogens (tertiary/aromatic N) is 2. The molecule has 0 spiro atoms. The van der Waals surface area contributed by atoms with Gasteiger partial charge in [-0.2, -0.15) is 0 Å². The number of thiophene rings is 1. The van der Waals surface area contributed by atoms with E-state index in [0.717, 1.165) is 12.8 Å². The molecule has 0 saturated carbocycles. The number of fused-ring (bicyclic) bond motifs is 1. The predicted molar refractivity (Wildman–Crippen MR) is 115 cm³/mol. The van der Waals surface area contributed by atoms with Gasteiger partial charge in [0.05, 0.1) is 30.5 Å². The highest BCUT2D eigenvalue weighted by Gasteiger charge is 2.19. The van der Waals surface area contributed by atoms with Gasteiger partial charge >= 0.3 is 5.97 Å². The number of hydrogen-bond donors (Lipinski definition) is 1. The van der Waals surface area contributed by atoms with E-state index in [1.807, 2.05) is 13.8 Å². The van der Waals surface area contributed by atoms with Gasteiger partial charge < -0.3 is 14.8 Å². The normalized spacial score (nSPS) is 10.7. The number of benzene rings is 1. The second-order valence-corrected chi connectivity index (χ2v) is 7.36. The third-order valence-electron chi connectivity index (χ3n) is 4.27. The minimum absolute atomic E-state index is 0.179. The van der Waals surface area contributed by atoms with Crippen molar-refractivity contribution >= 4 is 39.1 Å². The molecule has 3 aromatic rings. The van der Waals surface area contributed by atoms with Crippen LogP contribution in [-0.2, 0) is 16.1 Å². The van der Waals surface area contributed by atoms with E-state index in [9.17, 15) is 14.4 Å². The summed E-state index contributed by atoms with van der Waals surface area (Å²) in [6, 6.07) is 6.94. The average Bonchev–Trinajstić information content (AvgIpc) is 3.17. The first-order valence-corrected chi connectivity index (χ1v) is 10.6. The molecule has 8 nitrogen and oxygen atoms in total. The van der Waals surface area contributed by atoms with Gasteiger partial charge in [-0.1, -0.05) is 13.3 Å². The van der Waals surface area contributed by atoms with E-state index in [0.29, 0.717) is 29.5 Å². The molecule has 0 aliphatic rings. The summed E-state index contributed by atoms with van der Waals surface area (Å²) in [5, 5.41) is 4.48. The molecule has 1 N–H and O–H groups in total. The smallest absolute Gasteiger partial charge is 0.339 e. The van der Waals surface area contributed by atoms with Crippen molar-refractivity contribution in [1.82, 2.24) is 9.55 Å². The minimum atomic E-state index is -0.551. The number of carbonyl (C=O) groups excluding carboxylic acids is 2. The van der Waals surface area contributed by atoms with Crippen LogP contribution in [0.2, 0.25) is 0 Å². The summed E-state index contributed by atoms with van der Waals surface area (Å²) in [4.78, 5) is 42.2. The summed E-state index contributed by atoms with van der Waals surface area (Å²) in [5.74, 6) is -0.230. The molecule has 2 aromatic heterocycles. The summed E-state index contributed by atoms with van der Waals surface area (Å²) >= 11 is 1.19. The Bertz CT molecular complexity index is 1090. The van der Waals surface area contributed by atoms with Crippen molar-refractivity contribution in [2.24, 2.45) is 0 Å². The Morgan fingerprint density at radius 3 is 2.67 bits per heavy atom. The van der Waals surface area contributed by atoms with Crippen LogP contribution in [0, 0.1) is 0 Å². The van der Waals surface area contributed by atoms with Crippen molar-refractivity contribution in [1.29, 1.82) is 0 Å². The molecule has 1 amide bonds. The molecule has 0 aliphatic heterocycles. The predicted octanol–water partition coefficient (Wildman–Crippen LogP) is 3.45. The number of nitrogens with one attached hydrogen (secondary N) is 1. The number of unbranched alkanes of at least 4 members (excludes halogenated alkanes) is 1. The lowest BCUT2D eigenvalue weighted by molar-refractivity contribution is -0.116. The van der Waals surface area contributed by atoms with Crippen LogP contribution in [0.4, 0.5) is 5.69 Å². The lowest BCUT2D eigenvalue weighted by Crippen LogP contribution is -2.28. The van der Waals surface area contributed by atoms with E-state index >= 15 is 0 Å². The second-order valence-electron chi connectivity index (χ2n) is 6.50. The lowest BCUT2D eigenvalue weighted by Gasteiger charge is -2.09. The van der Waals surface area contributed by atoms with E-state index < -0.39 is 11.5 Å². The van der Waals surface area contributed by atoms with Crippen LogP contribution in [0.5, 0.6) is 5.75 Å². The van der Waals surface area contributed by atoms with Gasteiger partial charge in [-0.25, -0.2) is 9.78 Å². The van der Waals surface area contributed by atoms with Crippen molar-refractivity contribution in [2.75, 3.05) is 18.5 Å². The number of anilines is 1. The molecule has 30 heavy (non-hydrogen) atoms. The third-order valence-corrected chi connectivity index (χ3v) is 5.16. The van der Waals surface area contributed by atoms with Crippen LogP contribution in [0.15, 0.2) is 40.8 Å². The Balaban J connectivity index is 1.75. The number of hydrogen-bond acceptors (Lipinski definition) is 7. The Morgan fingerprint density at radius 1 is 1.20 bits per heavy atom. The molecule has 0 bridgehead atoms. The average molecular weight is 429 g/mol. The Kier molecular flexibility index (Phi) is 7.18. The third kappa shape index (κ3) is 5.04. The first-order chi connectivity index (χ1) is 14.5. The van der Waals surface area contributed by atoms with Crippen molar-refractivity contribution < 1.29 is 19.1 Å². The fourth-order valence-electron chi connectivity index (χ4n) is 2.77. The molecule has 9 heteroatoms. The molecule has 158 valence electrons. The van der Waals surface area contributed by atoms with Crippen LogP contribution in [0.1, 0.15) is 37.0 Å². The maximum absolute atomic E-state index is 12.9. The van der Waals surface area contributed by atoms with Gasteiger partial charge in [0.1, 0.15) is 17.1 Å². The molecular formula is C21H23N3O5S. The van der Waals surface area contributed by atoms with Crippen molar-refractivity contribution in [3.63, 3.8) is 0 Å². The number of ether oxygens (including phenoxy) is 2. The minimum Gasteiger partial charge on any atom is -0.494 e. The molecule has 0 aliphatic carbocycles. The number of esters is 1. The topological polar surface area (TPSA) is 99.5 Å². The zero-order valence-corrected chi connectivity index (χ0v) is 17.7. The van der Waals surface area contributed by atoms with E-state index in [-0.39, 0.29) is 23.4 Å². The molecule has 0 saturated heterocycles. The lowest BCUT2D eigenvalue weighted by atomic mass is 10.2. The zero-order chi connectivity index (χ0) is 21.5. The molecule has 0 fully saturated rings. The number of aromatic nitrogens is 2. The van der Waals surface area contributed by atoms with Gasteiger partial charge in [0.15, 0.2) is 0 Å². The quantitative estimate of drug-likeness (QED) is 0.413. The van der Waals surface area contributed by atoms with E-state index in [4.69, 9.17) is 9.47 Å². The van der Waals surface area contributed by atoms with Crippen LogP contribution in [-0.4, -0.2) is 34.6 Å². The maximum atomic E-state index is 12.9. The fraction of sp³-hybridized carbons (Fsp3) is 0.333. The highest BCUT2D eigenvalue weighted by molar-refractivity contribution is 7.17. The Morgan fingerprint density at radius 2 is 1.97 bits per heavy atom. The largest absolute Gasteiger partial charge is 0.494 e. The maximum Gasteiger partial charge on any atom is 0.339 e. The van der Waals surface area contributed by atoms with Crippen molar-refractivity contribution in [3.05, 3.63) is 51.9 Å². The van der Waals surface area contributed by atoms with Crippen LogP contribution < -0.4 is 15.6 Å². The summed E-state index contributed by atoms with van der Waals surface area (Å²) in [7, 11) is 0. The van der Waals surface area contributed by atoms with Gasteiger partial charge in [0.2, 0.25) is 5.91 Å². The number of rotatable bonds is 9. The highest BCUT2D eigenvalue weighted by atomic mass is 32.1. The van der Waals surface area contributed by atoms with Crippen LogP contribution >= 0.6 is 11.3 Å². The molecular weight excluding hydrogens is 406 g/mol. The molecule has 0 atom stereocenters. The number of carbonyl (C=O) groups is 2. The zero-order valence-electron chi connectivity index (χ0n) is 16.8. The molecule has 0 radical (unpaired) electrons.